The third-order valence-electron chi connectivity index (χ3n) is 3.22. The Kier molecular flexibility index (Phi) is 3.50. The quantitative estimate of drug-likeness (QED) is 0.859. The normalized spacial score (nSPS) is 15.8. The summed E-state index contributed by atoms with van der Waals surface area (Å²) in [5, 5.41) is 3.33. The Labute approximate surface area is 108 Å². The molecule has 1 atom stereocenters. The van der Waals surface area contributed by atoms with Crippen LogP contribution in [0.2, 0.25) is 0 Å². The molecule has 100 valence electrons. The monoisotopic (exact) mass is 250 g/mol. The van der Waals surface area contributed by atoms with Crippen LogP contribution in [0.15, 0.2) is 12.1 Å². The first-order valence-corrected chi connectivity index (χ1v) is 6.27. The lowest BCUT2D eigenvalue weighted by Crippen LogP contribution is -2.37. The maximum absolute atomic E-state index is 6.12. The van der Waals surface area contributed by atoms with Crippen molar-refractivity contribution in [1.82, 2.24) is 5.32 Å². The molecule has 0 amide bonds. The van der Waals surface area contributed by atoms with Crippen LogP contribution < -0.4 is 20.5 Å². The highest BCUT2D eigenvalue weighted by molar-refractivity contribution is 5.49. The molecule has 1 aromatic carbocycles. The Morgan fingerprint density at radius 3 is 2.50 bits per heavy atom. The van der Waals surface area contributed by atoms with E-state index in [0.29, 0.717) is 6.79 Å². The number of ether oxygens (including phenoxy) is 2. The molecular formula is C14H22N2O2. The van der Waals surface area contributed by atoms with E-state index >= 15 is 0 Å². The Morgan fingerprint density at radius 2 is 1.94 bits per heavy atom. The maximum atomic E-state index is 6.12. The van der Waals surface area contributed by atoms with Crippen molar-refractivity contribution in [2.45, 2.75) is 38.8 Å². The van der Waals surface area contributed by atoms with Crippen molar-refractivity contribution < 1.29 is 9.47 Å². The van der Waals surface area contributed by atoms with E-state index in [2.05, 4.69) is 18.3 Å². The molecule has 1 aromatic rings. The van der Waals surface area contributed by atoms with Crippen molar-refractivity contribution in [2.75, 3.05) is 13.8 Å². The highest BCUT2D eigenvalue weighted by atomic mass is 16.7. The predicted molar refractivity (Wildman–Crippen MR) is 72.0 cm³/mol. The number of nitrogens with one attached hydrogen (secondary N) is 1. The van der Waals surface area contributed by atoms with Crippen LogP contribution in [0.4, 0.5) is 0 Å². The molecule has 4 heteroatoms. The van der Waals surface area contributed by atoms with Gasteiger partial charge in [-0.3, -0.25) is 0 Å². The molecule has 1 heterocycles. The average Bonchev–Trinajstić information content (AvgIpc) is 2.70. The highest BCUT2D eigenvalue weighted by Crippen LogP contribution is 2.37. The van der Waals surface area contributed by atoms with Gasteiger partial charge in [0.25, 0.3) is 0 Å². The molecule has 4 nitrogen and oxygen atoms in total. The smallest absolute Gasteiger partial charge is 0.231 e. The minimum atomic E-state index is -0.212. The fraction of sp³-hybridized carbons (Fsp3) is 0.571. The lowest BCUT2D eigenvalue weighted by atomic mass is 9.90. The van der Waals surface area contributed by atoms with E-state index < -0.39 is 0 Å². The van der Waals surface area contributed by atoms with E-state index in [-0.39, 0.29) is 11.6 Å². The first kappa shape index (κ1) is 13.2. The van der Waals surface area contributed by atoms with Crippen LogP contribution in [0.5, 0.6) is 11.5 Å². The molecule has 0 aliphatic carbocycles. The summed E-state index contributed by atoms with van der Waals surface area (Å²) in [6.45, 7) is 6.48. The molecule has 18 heavy (non-hydrogen) atoms. The molecular weight excluding hydrogens is 228 g/mol. The van der Waals surface area contributed by atoms with Crippen LogP contribution in [0.25, 0.3) is 0 Å². The maximum Gasteiger partial charge on any atom is 0.231 e. The minimum absolute atomic E-state index is 0.212. The van der Waals surface area contributed by atoms with Gasteiger partial charge in [0.05, 0.1) is 0 Å². The third-order valence-corrected chi connectivity index (χ3v) is 3.22. The van der Waals surface area contributed by atoms with Crippen LogP contribution in [-0.2, 0) is 0 Å². The van der Waals surface area contributed by atoms with Crippen LogP contribution in [0.3, 0.4) is 0 Å². The number of aryl methyl sites for hydroxylation is 1. The van der Waals surface area contributed by atoms with Gasteiger partial charge in [0.15, 0.2) is 11.5 Å². The van der Waals surface area contributed by atoms with Gasteiger partial charge in [-0.15, -0.1) is 0 Å². The number of hydrogen-bond acceptors (Lipinski definition) is 4. The van der Waals surface area contributed by atoms with Gasteiger partial charge in [0.2, 0.25) is 6.79 Å². The molecule has 0 radical (unpaired) electrons. The number of rotatable bonds is 4. The van der Waals surface area contributed by atoms with Crippen molar-refractivity contribution in [3.8, 4) is 11.5 Å². The van der Waals surface area contributed by atoms with E-state index in [1.54, 1.807) is 0 Å². The Balaban J connectivity index is 2.31. The molecule has 1 aliphatic heterocycles. The van der Waals surface area contributed by atoms with Crippen molar-refractivity contribution in [1.29, 1.82) is 0 Å². The van der Waals surface area contributed by atoms with Gasteiger partial charge >= 0.3 is 0 Å². The number of nitrogens with two attached hydrogens (primary N) is 1. The van der Waals surface area contributed by atoms with Crippen LogP contribution in [-0.4, -0.2) is 19.4 Å². The summed E-state index contributed by atoms with van der Waals surface area (Å²) < 4.78 is 10.8. The van der Waals surface area contributed by atoms with Gasteiger partial charge in [0, 0.05) is 11.6 Å². The molecule has 0 fully saturated rings. The summed E-state index contributed by atoms with van der Waals surface area (Å²) in [5.41, 5.74) is 8.32. The SMILES string of the molecule is CNC(CC(C)(C)N)c1cc2c(cc1C)OCO2. The molecule has 0 bridgehead atoms. The first-order valence-electron chi connectivity index (χ1n) is 6.27. The second-order valence-electron chi connectivity index (χ2n) is 5.60. The van der Waals surface area contributed by atoms with E-state index in [1.807, 2.05) is 27.0 Å². The van der Waals surface area contributed by atoms with Gasteiger partial charge in [-0.05, 0) is 57.5 Å². The molecule has 0 aromatic heterocycles. The van der Waals surface area contributed by atoms with Gasteiger partial charge in [0.1, 0.15) is 0 Å². The largest absolute Gasteiger partial charge is 0.454 e. The zero-order chi connectivity index (χ0) is 13.3. The van der Waals surface area contributed by atoms with Crippen LogP contribution in [0.1, 0.15) is 37.4 Å². The molecule has 0 spiro atoms. The Morgan fingerprint density at radius 1 is 1.33 bits per heavy atom. The molecule has 1 aliphatic rings. The number of fused-ring (bicyclic) bond motifs is 1. The third kappa shape index (κ3) is 2.76. The van der Waals surface area contributed by atoms with Crippen molar-refractivity contribution in [3.05, 3.63) is 23.3 Å². The fourth-order valence-electron chi connectivity index (χ4n) is 2.33. The average molecular weight is 250 g/mol. The fourth-order valence-corrected chi connectivity index (χ4v) is 2.33. The van der Waals surface area contributed by atoms with E-state index in [0.717, 1.165) is 17.9 Å². The zero-order valence-electron chi connectivity index (χ0n) is 11.5. The van der Waals surface area contributed by atoms with Gasteiger partial charge in [-0.1, -0.05) is 0 Å². The zero-order valence-corrected chi connectivity index (χ0v) is 11.5. The molecule has 3 N–H and O–H groups in total. The molecule has 1 unspecified atom stereocenters. The highest BCUT2D eigenvalue weighted by Gasteiger charge is 2.23. The minimum Gasteiger partial charge on any atom is -0.454 e. The molecule has 0 saturated heterocycles. The lowest BCUT2D eigenvalue weighted by molar-refractivity contribution is 0.174. The van der Waals surface area contributed by atoms with E-state index in [1.165, 1.54) is 11.1 Å². The van der Waals surface area contributed by atoms with Crippen LogP contribution >= 0.6 is 0 Å². The second-order valence-corrected chi connectivity index (χ2v) is 5.60. The summed E-state index contributed by atoms with van der Waals surface area (Å²) in [6, 6.07) is 4.32. The lowest BCUT2D eigenvalue weighted by Gasteiger charge is -2.27. The van der Waals surface area contributed by atoms with Gasteiger partial charge in [-0.2, -0.15) is 0 Å². The van der Waals surface area contributed by atoms with Gasteiger partial charge in [-0.25, -0.2) is 0 Å². The van der Waals surface area contributed by atoms with Gasteiger partial charge < -0.3 is 20.5 Å². The molecule has 2 rings (SSSR count). The van der Waals surface area contributed by atoms with E-state index in [9.17, 15) is 0 Å². The van der Waals surface area contributed by atoms with Crippen molar-refractivity contribution in [3.63, 3.8) is 0 Å². The van der Waals surface area contributed by atoms with Crippen molar-refractivity contribution >= 4 is 0 Å². The topological polar surface area (TPSA) is 56.5 Å². The second kappa shape index (κ2) is 4.78. The van der Waals surface area contributed by atoms with E-state index in [4.69, 9.17) is 15.2 Å². The Hall–Kier alpha value is -1.26. The van der Waals surface area contributed by atoms with Crippen LogP contribution in [0, 0.1) is 6.92 Å². The number of hydrogen-bond donors (Lipinski definition) is 2. The molecule has 0 saturated carbocycles. The number of benzene rings is 1. The predicted octanol–water partition coefficient (Wildman–Crippen LogP) is 2.11. The standard InChI is InChI=1S/C14H22N2O2/c1-9-5-12-13(18-8-17-12)6-10(9)11(16-4)7-14(2,3)15/h5-6,11,16H,7-8,15H2,1-4H3. The van der Waals surface area contributed by atoms with Crippen molar-refractivity contribution in [2.24, 2.45) is 5.73 Å². The Bertz CT molecular complexity index is 438. The summed E-state index contributed by atoms with van der Waals surface area (Å²) in [5.74, 6) is 1.66. The summed E-state index contributed by atoms with van der Waals surface area (Å²) in [7, 11) is 1.96. The first-order chi connectivity index (χ1) is 8.40. The summed E-state index contributed by atoms with van der Waals surface area (Å²) in [4.78, 5) is 0. The summed E-state index contributed by atoms with van der Waals surface area (Å²) >= 11 is 0. The summed E-state index contributed by atoms with van der Waals surface area (Å²) in [6.07, 6.45) is 0.865.